The molecule has 92 valence electrons. The van der Waals surface area contributed by atoms with E-state index in [9.17, 15) is 9.59 Å². The molecule has 0 radical (unpaired) electrons. The van der Waals surface area contributed by atoms with Gasteiger partial charge in [-0.2, -0.15) is 0 Å². The van der Waals surface area contributed by atoms with E-state index in [2.05, 4.69) is 5.32 Å². The number of carbonyl (C=O) groups is 2. The molecule has 1 amide bonds. The van der Waals surface area contributed by atoms with Crippen molar-refractivity contribution < 1.29 is 9.59 Å². The molecule has 0 aliphatic carbocycles. The molecule has 4 nitrogen and oxygen atoms in total. The monoisotopic (exact) mass is 234 g/mol. The van der Waals surface area contributed by atoms with Crippen molar-refractivity contribution in [3.05, 3.63) is 29.8 Å². The molecule has 0 aliphatic rings. The van der Waals surface area contributed by atoms with E-state index in [1.807, 2.05) is 13.8 Å². The largest absolute Gasteiger partial charge is 0.325 e. The highest BCUT2D eigenvalue weighted by Gasteiger charge is 2.16. The average Bonchev–Trinajstić information content (AvgIpc) is 2.28. The van der Waals surface area contributed by atoms with Gasteiger partial charge in [-0.15, -0.1) is 0 Å². The molecule has 1 aromatic carbocycles. The Hall–Kier alpha value is -1.68. The topological polar surface area (TPSA) is 72.2 Å². The molecule has 0 bridgehead atoms. The van der Waals surface area contributed by atoms with Gasteiger partial charge in [0, 0.05) is 11.3 Å². The number of ketones is 1. The summed E-state index contributed by atoms with van der Waals surface area (Å²) in [6.07, 6.45) is 0. The van der Waals surface area contributed by atoms with Gasteiger partial charge in [0.2, 0.25) is 5.91 Å². The molecule has 1 aromatic rings. The SMILES string of the molecule is CC(=O)c1ccc(NC(=O)[C@H](N)C(C)C)cc1. The van der Waals surface area contributed by atoms with Crippen LogP contribution >= 0.6 is 0 Å². The first kappa shape index (κ1) is 13.4. The molecule has 0 saturated carbocycles. The summed E-state index contributed by atoms with van der Waals surface area (Å²) in [4.78, 5) is 22.7. The van der Waals surface area contributed by atoms with Gasteiger partial charge in [0.25, 0.3) is 0 Å². The van der Waals surface area contributed by atoms with Crippen LogP contribution in [-0.4, -0.2) is 17.7 Å². The van der Waals surface area contributed by atoms with E-state index >= 15 is 0 Å². The summed E-state index contributed by atoms with van der Waals surface area (Å²) in [7, 11) is 0. The van der Waals surface area contributed by atoms with Crippen LogP contribution in [0.2, 0.25) is 0 Å². The summed E-state index contributed by atoms with van der Waals surface area (Å²) in [5.74, 6) is -0.121. The van der Waals surface area contributed by atoms with Gasteiger partial charge in [0.1, 0.15) is 0 Å². The number of rotatable bonds is 4. The summed E-state index contributed by atoms with van der Waals surface area (Å²) < 4.78 is 0. The van der Waals surface area contributed by atoms with E-state index in [4.69, 9.17) is 5.73 Å². The van der Waals surface area contributed by atoms with Gasteiger partial charge in [-0.25, -0.2) is 0 Å². The molecule has 1 atom stereocenters. The van der Waals surface area contributed by atoms with Gasteiger partial charge >= 0.3 is 0 Å². The summed E-state index contributed by atoms with van der Waals surface area (Å²) in [6.45, 7) is 5.29. The Kier molecular flexibility index (Phi) is 4.40. The molecule has 0 heterocycles. The summed E-state index contributed by atoms with van der Waals surface area (Å²) in [5.41, 5.74) is 6.99. The Morgan fingerprint density at radius 1 is 1.18 bits per heavy atom. The highest BCUT2D eigenvalue weighted by atomic mass is 16.2. The minimum atomic E-state index is -0.525. The van der Waals surface area contributed by atoms with Gasteiger partial charge in [0.15, 0.2) is 5.78 Å². The maximum Gasteiger partial charge on any atom is 0.241 e. The fraction of sp³-hybridized carbons (Fsp3) is 0.385. The number of amides is 1. The van der Waals surface area contributed by atoms with Crippen LogP contribution in [-0.2, 0) is 4.79 Å². The van der Waals surface area contributed by atoms with Crippen molar-refractivity contribution in [2.45, 2.75) is 26.8 Å². The molecule has 17 heavy (non-hydrogen) atoms. The first-order chi connectivity index (χ1) is 7.91. The number of nitrogens with two attached hydrogens (primary N) is 1. The molecule has 0 spiro atoms. The quantitative estimate of drug-likeness (QED) is 0.780. The number of Topliss-reactive ketones (excluding diaryl/α,β-unsaturated/α-hetero) is 1. The lowest BCUT2D eigenvalue weighted by molar-refractivity contribution is -0.118. The molecule has 4 heteroatoms. The van der Waals surface area contributed by atoms with Crippen molar-refractivity contribution in [1.29, 1.82) is 0 Å². The Bertz CT molecular complexity index is 410. The molecule has 3 N–H and O–H groups in total. The van der Waals surface area contributed by atoms with Crippen LogP contribution in [0, 0.1) is 5.92 Å². The first-order valence-electron chi connectivity index (χ1n) is 5.59. The highest BCUT2D eigenvalue weighted by Crippen LogP contribution is 2.11. The minimum absolute atomic E-state index is 0.00163. The lowest BCUT2D eigenvalue weighted by Crippen LogP contribution is -2.39. The van der Waals surface area contributed by atoms with Crippen LogP contribution in [0.5, 0.6) is 0 Å². The number of hydrogen-bond donors (Lipinski definition) is 2. The zero-order chi connectivity index (χ0) is 13.0. The highest BCUT2D eigenvalue weighted by molar-refractivity contribution is 5.97. The lowest BCUT2D eigenvalue weighted by atomic mass is 10.0. The zero-order valence-corrected chi connectivity index (χ0v) is 10.4. The molecule has 0 unspecified atom stereocenters. The summed E-state index contributed by atoms with van der Waals surface area (Å²) in [6, 6.07) is 6.23. The van der Waals surface area contributed by atoms with E-state index in [1.165, 1.54) is 6.92 Å². The smallest absolute Gasteiger partial charge is 0.241 e. The maximum absolute atomic E-state index is 11.7. The first-order valence-corrected chi connectivity index (χ1v) is 5.59. The molecule has 1 rings (SSSR count). The van der Waals surface area contributed by atoms with Gasteiger partial charge in [-0.05, 0) is 37.1 Å². The van der Waals surface area contributed by atoms with Crippen molar-refractivity contribution in [1.82, 2.24) is 0 Å². The fourth-order valence-electron chi connectivity index (χ4n) is 1.32. The number of carbonyl (C=O) groups excluding carboxylic acids is 2. The Morgan fingerprint density at radius 3 is 2.12 bits per heavy atom. The Labute approximate surface area is 101 Å². The van der Waals surface area contributed by atoms with E-state index in [1.54, 1.807) is 24.3 Å². The maximum atomic E-state index is 11.7. The Morgan fingerprint density at radius 2 is 1.71 bits per heavy atom. The average molecular weight is 234 g/mol. The van der Waals surface area contributed by atoms with Crippen molar-refractivity contribution in [2.24, 2.45) is 11.7 Å². The van der Waals surface area contributed by atoms with Crippen LogP contribution < -0.4 is 11.1 Å². The van der Waals surface area contributed by atoms with E-state index < -0.39 is 6.04 Å². The minimum Gasteiger partial charge on any atom is -0.325 e. The number of nitrogens with one attached hydrogen (secondary N) is 1. The second kappa shape index (κ2) is 5.59. The third-order valence-corrected chi connectivity index (χ3v) is 2.58. The molecular weight excluding hydrogens is 216 g/mol. The standard InChI is InChI=1S/C13H18N2O2/c1-8(2)12(14)13(17)15-11-6-4-10(5-7-11)9(3)16/h4-8,12H,14H2,1-3H3,(H,15,17)/t12-/m1/s1. The number of hydrogen-bond acceptors (Lipinski definition) is 3. The predicted octanol–water partition coefficient (Wildman–Crippen LogP) is 1.81. The number of benzene rings is 1. The third kappa shape index (κ3) is 3.67. The van der Waals surface area contributed by atoms with Crippen LogP contribution in [0.4, 0.5) is 5.69 Å². The van der Waals surface area contributed by atoms with Crippen molar-refractivity contribution in [3.8, 4) is 0 Å². The molecular formula is C13H18N2O2. The van der Waals surface area contributed by atoms with Crippen LogP contribution in [0.1, 0.15) is 31.1 Å². The van der Waals surface area contributed by atoms with Crippen molar-refractivity contribution in [3.63, 3.8) is 0 Å². The lowest BCUT2D eigenvalue weighted by Gasteiger charge is -2.15. The van der Waals surface area contributed by atoms with Crippen LogP contribution in [0.3, 0.4) is 0 Å². The summed E-state index contributed by atoms with van der Waals surface area (Å²) in [5, 5.41) is 2.71. The van der Waals surface area contributed by atoms with E-state index in [0.29, 0.717) is 11.3 Å². The van der Waals surface area contributed by atoms with Gasteiger partial charge in [-0.1, -0.05) is 13.8 Å². The normalized spacial score (nSPS) is 12.3. The van der Waals surface area contributed by atoms with Crippen molar-refractivity contribution >= 4 is 17.4 Å². The second-order valence-corrected chi connectivity index (χ2v) is 4.39. The summed E-state index contributed by atoms with van der Waals surface area (Å²) >= 11 is 0. The van der Waals surface area contributed by atoms with Gasteiger partial charge in [0.05, 0.1) is 6.04 Å². The number of anilines is 1. The Balaban J connectivity index is 2.70. The second-order valence-electron chi connectivity index (χ2n) is 4.39. The van der Waals surface area contributed by atoms with Crippen LogP contribution in [0.25, 0.3) is 0 Å². The molecule has 0 aromatic heterocycles. The van der Waals surface area contributed by atoms with E-state index in [-0.39, 0.29) is 17.6 Å². The van der Waals surface area contributed by atoms with Gasteiger partial charge < -0.3 is 11.1 Å². The molecule has 0 saturated heterocycles. The van der Waals surface area contributed by atoms with E-state index in [0.717, 1.165) is 0 Å². The zero-order valence-electron chi connectivity index (χ0n) is 10.4. The third-order valence-electron chi connectivity index (χ3n) is 2.58. The predicted molar refractivity (Wildman–Crippen MR) is 67.9 cm³/mol. The van der Waals surface area contributed by atoms with Crippen LogP contribution in [0.15, 0.2) is 24.3 Å². The molecule has 0 aliphatic heterocycles. The fourth-order valence-corrected chi connectivity index (χ4v) is 1.32. The van der Waals surface area contributed by atoms with Crippen molar-refractivity contribution in [2.75, 3.05) is 5.32 Å². The molecule has 0 fully saturated rings. The van der Waals surface area contributed by atoms with Gasteiger partial charge in [-0.3, -0.25) is 9.59 Å².